The monoisotopic (exact) mass is 354 g/mol. The van der Waals surface area contributed by atoms with Gasteiger partial charge in [0.05, 0.1) is 11.1 Å². The third-order valence-corrected chi connectivity index (χ3v) is 4.17. The smallest absolute Gasteiger partial charge is 0.336 e. The van der Waals surface area contributed by atoms with Crippen LogP contribution in [0.25, 0.3) is 11.1 Å². The molecule has 5 nitrogen and oxygen atoms in total. The number of benzene rings is 2. The summed E-state index contributed by atoms with van der Waals surface area (Å²) in [7, 11) is 0. The molecule has 136 valence electrons. The van der Waals surface area contributed by atoms with Crippen molar-refractivity contribution in [2.24, 2.45) is 0 Å². The Morgan fingerprint density at radius 2 is 1.42 bits per heavy atom. The summed E-state index contributed by atoms with van der Waals surface area (Å²) < 4.78 is 0. The van der Waals surface area contributed by atoms with Gasteiger partial charge in [-0.3, -0.25) is 0 Å². The van der Waals surface area contributed by atoms with Gasteiger partial charge in [-0.25, -0.2) is 9.59 Å². The van der Waals surface area contributed by atoms with Gasteiger partial charge >= 0.3 is 11.9 Å². The van der Waals surface area contributed by atoms with Crippen LogP contribution in [0.3, 0.4) is 0 Å². The number of hydrogen-bond acceptors (Lipinski definition) is 3. The maximum Gasteiger partial charge on any atom is 0.336 e. The normalized spacial score (nSPS) is 12.8. The van der Waals surface area contributed by atoms with Gasteiger partial charge in [0.2, 0.25) is 0 Å². The van der Waals surface area contributed by atoms with Crippen LogP contribution >= 0.6 is 0 Å². The molecule has 0 saturated carbocycles. The largest absolute Gasteiger partial charge is 0.508 e. The average Bonchev–Trinajstić information content (AvgIpc) is 2.63. The number of carbonyl (C=O) groups is 2. The van der Waals surface area contributed by atoms with E-state index in [1.807, 2.05) is 0 Å². The van der Waals surface area contributed by atoms with Crippen LogP contribution in [0.5, 0.6) is 5.75 Å². The minimum absolute atomic E-state index is 0.0233. The third-order valence-electron chi connectivity index (χ3n) is 4.17. The van der Waals surface area contributed by atoms with Crippen LogP contribution in [0.1, 0.15) is 52.0 Å². The van der Waals surface area contributed by atoms with Crippen molar-refractivity contribution in [1.82, 2.24) is 0 Å². The number of aromatic hydroxyl groups is 1. The second kappa shape index (κ2) is 8.85. The van der Waals surface area contributed by atoms with E-state index in [2.05, 4.69) is 12.2 Å². The van der Waals surface area contributed by atoms with E-state index in [4.69, 9.17) is 0 Å². The van der Waals surface area contributed by atoms with Crippen LogP contribution < -0.4 is 0 Å². The highest BCUT2D eigenvalue weighted by molar-refractivity contribution is 6.05. The average molecular weight is 354 g/mol. The molecule has 3 rings (SSSR count). The van der Waals surface area contributed by atoms with Gasteiger partial charge in [0.25, 0.3) is 0 Å². The van der Waals surface area contributed by atoms with E-state index in [1.165, 1.54) is 62.1 Å². The maximum atomic E-state index is 11.4. The van der Waals surface area contributed by atoms with Crippen molar-refractivity contribution in [2.75, 3.05) is 0 Å². The molecular formula is C21H22O5. The lowest BCUT2D eigenvalue weighted by Gasteiger charge is -2.13. The van der Waals surface area contributed by atoms with Crippen molar-refractivity contribution < 1.29 is 24.9 Å². The lowest BCUT2D eigenvalue weighted by Crippen LogP contribution is -2.09. The SMILES string of the molecule is C1=CCCCC1.Cc1ccc(C(=O)O)c(-c2ccc(O)cc2)c1C(=O)O. The van der Waals surface area contributed by atoms with Crippen molar-refractivity contribution >= 4 is 11.9 Å². The summed E-state index contributed by atoms with van der Waals surface area (Å²) in [6.45, 7) is 1.61. The van der Waals surface area contributed by atoms with Crippen LogP contribution in [-0.4, -0.2) is 27.3 Å². The number of carboxylic acid groups (broad SMARTS) is 2. The molecule has 0 amide bonds. The Balaban J connectivity index is 0.000000342. The van der Waals surface area contributed by atoms with Crippen LogP contribution in [0, 0.1) is 6.92 Å². The lowest BCUT2D eigenvalue weighted by molar-refractivity contribution is 0.0695. The fraction of sp³-hybridized carbons (Fsp3) is 0.238. The molecule has 0 fully saturated rings. The van der Waals surface area contributed by atoms with Gasteiger partial charge in [-0.05, 0) is 61.9 Å². The summed E-state index contributed by atoms with van der Waals surface area (Å²) >= 11 is 0. The number of allylic oxidation sites excluding steroid dienone is 2. The van der Waals surface area contributed by atoms with Crippen molar-refractivity contribution in [2.45, 2.75) is 32.6 Å². The highest BCUT2D eigenvalue weighted by Crippen LogP contribution is 2.31. The lowest BCUT2D eigenvalue weighted by atomic mass is 9.91. The van der Waals surface area contributed by atoms with Gasteiger partial charge in [-0.1, -0.05) is 30.4 Å². The summed E-state index contributed by atoms with van der Waals surface area (Å²) in [6, 6.07) is 8.60. The molecule has 0 unspecified atom stereocenters. The molecule has 0 heterocycles. The van der Waals surface area contributed by atoms with Crippen molar-refractivity contribution in [3.05, 3.63) is 65.2 Å². The first kappa shape index (κ1) is 19.2. The zero-order valence-electron chi connectivity index (χ0n) is 14.6. The van der Waals surface area contributed by atoms with E-state index in [0.29, 0.717) is 11.1 Å². The Morgan fingerprint density at radius 3 is 1.85 bits per heavy atom. The second-order valence-electron chi connectivity index (χ2n) is 6.09. The van der Waals surface area contributed by atoms with Crippen LogP contribution in [-0.2, 0) is 0 Å². The maximum absolute atomic E-state index is 11.4. The number of rotatable bonds is 3. The van der Waals surface area contributed by atoms with Crippen LogP contribution in [0.2, 0.25) is 0 Å². The first-order chi connectivity index (χ1) is 12.4. The summed E-state index contributed by atoms with van der Waals surface area (Å²) in [5.74, 6) is -2.36. The summed E-state index contributed by atoms with van der Waals surface area (Å²) in [4.78, 5) is 22.7. The van der Waals surface area contributed by atoms with Gasteiger partial charge < -0.3 is 15.3 Å². The zero-order chi connectivity index (χ0) is 19.1. The highest BCUT2D eigenvalue weighted by atomic mass is 16.4. The van der Waals surface area contributed by atoms with Crippen molar-refractivity contribution in [3.63, 3.8) is 0 Å². The molecule has 0 saturated heterocycles. The van der Waals surface area contributed by atoms with Gasteiger partial charge in [0, 0.05) is 5.56 Å². The molecule has 1 aliphatic rings. The van der Waals surface area contributed by atoms with Gasteiger partial charge in [0.15, 0.2) is 0 Å². The quantitative estimate of drug-likeness (QED) is 0.683. The Hall–Kier alpha value is -3.08. The standard InChI is InChI=1S/C15H12O5.C6H10/c1-8-2-7-11(14(17)18)13(12(8)15(19)20)9-3-5-10(16)6-4-9;1-2-4-6-5-3-1/h2-7,16H,1H3,(H,17,18)(H,19,20);1-2H,3-6H2. The molecule has 3 N–H and O–H groups in total. The summed E-state index contributed by atoms with van der Waals surface area (Å²) in [5, 5.41) is 27.8. The predicted octanol–water partition coefficient (Wildman–Crippen LogP) is 4.88. The molecule has 0 atom stereocenters. The Morgan fingerprint density at radius 1 is 0.846 bits per heavy atom. The number of aromatic carboxylic acids is 2. The van der Waals surface area contributed by atoms with E-state index >= 15 is 0 Å². The van der Waals surface area contributed by atoms with Crippen molar-refractivity contribution in [1.29, 1.82) is 0 Å². The molecule has 0 spiro atoms. The fourth-order valence-corrected chi connectivity index (χ4v) is 2.85. The number of aryl methyl sites for hydroxylation is 1. The van der Waals surface area contributed by atoms with Crippen LogP contribution in [0.15, 0.2) is 48.6 Å². The minimum Gasteiger partial charge on any atom is -0.508 e. The van der Waals surface area contributed by atoms with E-state index in [9.17, 15) is 24.9 Å². The summed E-state index contributed by atoms with van der Waals surface area (Å²) in [6.07, 6.45) is 10.0. The first-order valence-corrected chi connectivity index (χ1v) is 8.46. The molecule has 0 bridgehead atoms. The molecule has 1 aliphatic carbocycles. The van der Waals surface area contributed by atoms with E-state index in [-0.39, 0.29) is 22.4 Å². The Bertz CT molecular complexity index is 811. The van der Waals surface area contributed by atoms with Crippen molar-refractivity contribution in [3.8, 4) is 16.9 Å². The zero-order valence-corrected chi connectivity index (χ0v) is 14.6. The van der Waals surface area contributed by atoms with Gasteiger partial charge in [-0.2, -0.15) is 0 Å². The number of phenols is 1. The molecule has 5 heteroatoms. The van der Waals surface area contributed by atoms with E-state index in [0.717, 1.165) is 0 Å². The number of hydrogen-bond donors (Lipinski definition) is 3. The molecule has 0 aromatic heterocycles. The van der Waals surface area contributed by atoms with E-state index < -0.39 is 11.9 Å². The number of carboxylic acids is 2. The van der Waals surface area contributed by atoms with E-state index in [1.54, 1.807) is 6.92 Å². The Labute approximate surface area is 152 Å². The third kappa shape index (κ3) is 4.72. The predicted molar refractivity (Wildman–Crippen MR) is 99.8 cm³/mol. The molecule has 0 radical (unpaired) electrons. The topological polar surface area (TPSA) is 94.8 Å². The highest BCUT2D eigenvalue weighted by Gasteiger charge is 2.21. The van der Waals surface area contributed by atoms with Crippen LogP contribution in [0.4, 0.5) is 0 Å². The second-order valence-corrected chi connectivity index (χ2v) is 6.09. The molecule has 0 aliphatic heterocycles. The summed E-state index contributed by atoms with van der Waals surface area (Å²) in [5.41, 5.74) is 0.922. The molecular weight excluding hydrogens is 332 g/mol. The Kier molecular flexibility index (Phi) is 6.55. The first-order valence-electron chi connectivity index (χ1n) is 8.46. The minimum atomic E-state index is -1.20. The molecule has 2 aromatic carbocycles. The van der Waals surface area contributed by atoms with Gasteiger partial charge in [-0.15, -0.1) is 0 Å². The molecule has 26 heavy (non-hydrogen) atoms. The fourth-order valence-electron chi connectivity index (χ4n) is 2.85. The molecule has 2 aromatic rings. The number of phenolic OH excluding ortho intramolecular Hbond substituents is 1. The van der Waals surface area contributed by atoms with Gasteiger partial charge in [0.1, 0.15) is 5.75 Å².